The number of allylic oxidation sites excluding steroid dienone is 18. The molecule has 0 saturated heterocycles. The summed E-state index contributed by atoms with van der Waals surface area (Å²) in [7, 11) is 0. The first kappa shape index (κ1) is 79.1. The van der Waals surface area contributed by atoms with E-state index in [0.717, 1.165) is 128 Å². The van der Waals surface area contributed by atoms with Crippen LogP contribution in [0.4, 0.5) is 0 Å². The number of rotatable bonds is 64. The maximum Gasteiger partial charge on any atom is 0.306 e. The predicted molar refractivity (Wildman–Crippen MR) is 362 cm³/mol. The van der Waals surface area contributed by atoms with E-state index in [9.17, 15) is 14.4 Å². The molecule has 6 nitrogen and oxygen atoms in total. The van der Waals surface area contributed by atoms with Crippen molar-refractivity contribution in [1.82, 2.24) is 0 Å². The summed E-state index contributed by atoms with van der Waals surface area (Å²) in [6.45, 7) is 6.53. The van der Waals surface area contributed by atoms with Gasteiger partial charge in [0.05, 0.1) is 0 Å². The van der Waals surface area contributed by atoms with Gasteiger partial charge in [0, 0.05) is 19.3 Å². The van der Waals surface area contributed by atoms with Gasteiger partial charge < -0.3 is 14.2 Å². The highest BCUT2D eigenvalue weighted by Crippen LogP contribution is 2.17. The quantitative estimate of drug-likeness (QED) is 0.0261. The van der Waals surface area contributed by atoms with Crippen LogP contribution in [0.2, 0.25) is 0 Å². The lowest BCUT2D eigenvalue weighted by Crippen LogP contribution is -2.30. The van der Waals surface area contributed by atoms with Crippen LogP contribution in [0.1, 0.15) is 342 Å². The lowest BCUT2D eigenvalue weighted by Gasteiger charge is -2.18. The molecule has 0 radical (unpaired) electrons. The molecule has 0 aliphatic rings. The van der Waals surface area contributed by atoms with Gasteiger partial charge in [-0.15, -0.1) is 0 Å². The third-order valence-electron chi connectivity index (χ3n) is 15.3. The van der Waals surface area contributed by atoms with Crippen LogP contribution in [-0.4, -0.2) is 37.2 Å². The molecule has 83 heavy (non-hydrogen) atoms. The third kappa shape index (κ3) is 68.7. The Morgan fingerprint density at radius 1 is 0.253 bits per heavy atom. The number of esters is 3. The zero-order valence-corrected chi connectivity index (χ0v) is 54.7. The van der Waals surface area contributed by atoms with Gasteiger partial charge in [-0.2, -0.15) is 0 Å². The molecule has 0 spiro atoms. The molecular formula is C77H132O6. The van der Waals surface area contributed by atoms with E-state index < -0.39 is 6.10 Å². The fourth-order valence-corrected chi connectivity index (χ4v) is 9.99. The number of ether oxygens (including phenoxy) is 3. The van der Waals surface area contributed by atoms with Gasteiger partial charge in [-0.25, -0.2) is 0 Å². The van der Waals surface area contributed by atoms with Crippen molar-refractivity contribution in [2.45, 2.75) is 348 Å². The lowest BCUT2D eigenvalue weighted by molar-refractivity contribution is -0.167. The Labute approximate surface area is 514 Å². The molecule has 6 heteroatoms. The minimum absolute atomic E-state index is 0.0833. The minimum atomic E-state index is -0.787. The molecular weight excluding hydrogens is 1020 g/mol. The highest BCUT2D eigenvalue weighted by molar-refractivity contribution is 5.71. The number of carbonyl (C=O) groups is 3. The van der Waals surface area contributed by atoms with Crippen LogP contribution >= 0.6 is 0 Å². The first-order valence-corrected chi connectivity index (χ1v) is 35.4. The molecule has 0 aromatic rings. The number of unbranched alkanes of at least 4 members (excludes halogenated alkanes) is 35. The second-order valence-electron chi connectivity index (χ2n) is 23.4. The van der Waals surface area contributed by atoms with Crippen molar-refractivity contribution in [3.63, 3.8) is 0 Å². The molecule has 0 N–H and O–H groups in total. The first-order chi connectivity index (χ1) is 41.0. The van der Waals surface area contributed by atoms with Crippen LogP contribution in [0.3, 0.4) is 0 Å². The smallest absolute Gasteiger partial charge is 0.306 e. The standard InChI is InChI=1S/C77H132O6/c1-4-7-10-13-16-19-22-25-28-31-33-34-35-36-37-38-39-40-41-42-43-44-45-47-49-52-55-58-61-64-67-70-76(79)82-73-74(72-81-75(78)69-66-63-60-57-54-51-48-30-27-24-21-18-15-12-9-6-3)83-77(80)71-68-65-62-59-56-53-50-46-32-29-26-23-20-17-14-11-8-5-2/h7,10,16,19,21,24-25,28,30,33-34,36-37,39-40,42-43,48,74H,4-6,8-9,11-15,17-18,20,22-23,26-27,29,31-32,35,38,41,44-47,49-73H2,1-3H3/b10-7-,19-16-,24-21-,28-25-,34-33-,37-36-,40-39-,43-42-,48-30-. The summed E-state index contributed by atoms with van der Waals surface area (Å²) < 4.78 is 17.0. The Balaban J connectivity index is 4.32. The van der Waals surface area contributed by atoms with E-state index in [-0.39, 0.29) is 31.1 Å². The van der Waals surface area contributed by atoms with Gasteiger partial charge in [0.25, 0.3) is 0 Å². The summed E-state index contributed by atoms with van der Waals surface area (Å²) in [6, 6.07) is 0. The van der Waals surface area contributed by atoms with E-state index in [0.29, 0.717) is 19.3 Å². The van der Waals surface area contributed by atoms with Gasteiger partial charge in [-0.1, -0.05) is 323 Å². The summed E-state index contributed by atoms with van der Waals surface area (Å²) in [5.41, 5.74) is 0. The minimum Gasteiger partial charge on any atom is -0.462 e. The Hall–Kier alpha value is -3.93. The van der Waals surface area contributed by atoms with E-state index in [1.54, 1.807) is 0 Å². The highest BCUT2D eigenvalue weighted by Gasteiger charge is 2.19. The van der Waals surface area contributed by atoms with E-state index in [1.807, 2.05) is 0 Å². The summed E-state index contributed by atoms with van der Waals surface area (Å²) >= 11 is 0. The fourth-order valence-electron chi connectivity index (χ4n) is 9.99. The van der Waals surface area contributed by atoms with Crippen molar-refractivity contribution in [2.75, 3.05) is 13.2 Å². The van der Waals surface area contributed by atoms with Crippen molar-refractivity contribution < 1.29 is 28.6 Å². The van der Waals surface area contributed by atoms with Gasteiger partial charge >= 0.3 is 17.9 Å². The zero-order valence-electron chi connectivity index (χ0n) is 54.7. The van der Waals surface area contributed by atoms with Gasteiger partial charge in [-0.3, -0.25) is 14.4 Å². The van der Waals surface area contributed by atoms with Crippen LogP contribution in [0.15, 0.2) is 109 Å². The normalized spacial score (nSPS) is 12.8. The van der Waals surface area contributed by atoms with Crippen LogP contribution in [-0.2, 0) is 28.6 Å². The molecule has 0 aromatic heterocycles. The number of hydrogen-bond acceptors (Lipinski definition) is 6. The predicted octanol–water partition coefficient (Wildman–Crippen LogP) is 24.6. The van der Waals surface area contributed by atoms with E-state index in [4.69, 9.17) is 14.2 Å². The maximum atomic E-state index is 13.0. The summed E-state index contributed by atoms with van der Waals surface area (Å²) in [5.74, 6) is -0.886. The Bertz CT molecular complexity index is 1660. The molecule has 0 aromatic carbocycles. The Morgan fingerprint density at radius 2 is 0.470 bits per heavy atom. The highest BCUT2D eigenvalue weighted by atomic mass is 16.6. The number of hydrogen-bond donors (Lipinski definition) is 0. The van der Waals surface area contributed by atoms with Crippen LogP contribution in [0.5, 0.6) is 0 Å². The van der Waals surface area contributed by atoms with Crippen molar-refractivity contribution in [3.8, 4) is 0 Å². The lowest BCUT2D eigenvalue weighted by atomic mass is 10.0. The monoisotopic (exact) mass is 1150 g/mol. The second-order valence-corrected chi connectivity index (χ2v) is 23.4. The largest absolute Gasteiger partial charge is 0.462 e. The molecule has 0 amide bonds. The molecule has 0 saturated carbocycles. The molecule has 0 heterocycles. The van der Waals surface area contributed by atoms with Gasteiger partial charge in [0.2, 0.25) is 0 Å². The molecule has 1 atom stereocenters. The third-order valence-corrected chi connectivity index (χ3v) is 15.3. The van der Waals surface area contributed by atoms with Crippen LogP contribution in [0, 0.1) is 0 Å². The van der Waals surface area contributed by atoms with Crippen molar-refractivity contribution in [3.05, 3.63) is 109 Å². The van der Waals surface area contributed by atoms with E-state index in [2.05, 4.69) is 130 Å². The summed E-state index contributed by atoms with van der Waals surface area (Å²) in [4.78, 5) is 38.5. The van der Waals surface area contributed by atoms with Crippen LogP contribution in [0.25, 0.3) is 0 Å². The van der Waals surface area contributed by atoms with Gasteiger partial charge in [0.1, 0.15) is 13.2 Å². The topological polar surface area (TPSA) is 78.9 Å². The fraction of sp³-hybridized carbons (Fsp3) is 0.727. The average molecular weight is 1150 g/mol. The molecule has 0 fully saturated rings. The van der Waals surface area contributed by atoms with E-state index >= 15 is 0 Å². The van der Waals surface area contributed by atoms with Crippen LogP contribution < -0.4 is 0 Å². The molecule has 0 aliphatic heterocycles. The van der Waals surface area contributed by atoms with Gasteiger partial charge in [0.15, 0.2) is 6.10 Å². The SMILES string of the molecule is CC/C=C\C/C=C\C/C=C\C/C=C\C/C=C\C/C=C\C/C=C\CCCCCCCCCCCC(=O)OCC(COC(=O)CCCCCCC/C=C\C/C=C\CCCCCC)OC(=O)CCCCCCCCCCCCCCCCCCCC. The average Bonchev–Trinajstić information content (AvgIpc) is 3.49. The maximum absolute atomic E-state index is 13.0. The van der Waals surface area contributed by atoms with Gasteiger partial charge in [-0.05, 0) is 109 Å². The molecule has 1 unspecified atom stereocenters. The van der Waals surface area contributed by atoms with Crippen molar-refractivity contribution in [2.24, 2.45) is 0 Å². The molecule has 0 aliphatic carbocycles. The van der Waals surface area contributed by atoms with Crippen molar-refractivity contribution in [1.29, 1.82) is 0 Å². The summed E-state index contributed by atoms with van der Waals surface area (Å²) in [5, 5.41) is 0. The zero-order chi connectivity index (χ0) is 59.9. The Morgan fingerprint density at radius 3 is 0.747 bits per heavy atom. The molecule has 0 rings (SSSR count). The second kappa shape index (κ2) is 70.6. The number of carbonyl (C=O) groups excluding carboxylic acids is 3. The molecule has 476 valence electrons. The van der Waals surface area contributed by atoms with Crippen molar-refractivity contribution >= 4 is 17.9 Å². The molecule has 0 bridgehead atoms. The first-order valence-electron chi connectivity index (χ1n) is 35.4. The Kier molecular flexibility index (Phi) is 67.2. The van der Waals surface area contributed by atoms with E-state index in [1.165, 1.54) is 173 Å². The summed E-state index contributed by atoms with van der Waals surface area (Å²) in [6.07, 6.45) is 96.8.